The first-order chi connectivity index (χ1) is 11.0. The average Bonchev–Trinajstić information content (AvgIpc) is 3.10. The number of nitrogens with zero attached hydrogens (tertiary/aromatic N) is 3. The normalized spacial score (nSPS) is 21.3. The number of carbonyl (C=O) groups excluding carboxylic acids is 1. The third-order valence-corrected chi connectivity index (χ3v) is 4.39. The number of ether oxygens (including phenoxy) is 2. The molecule has 0 unspecified atom stereocenters. The quantitative estimate of drug-likeness (QED) is 0.923. The van der Waals surface area contributed by atoms with Gasteiger partial charge in [0, 0.05) is 32.2 Å². The van der Waals surface area contributed by atoms with E-state index >= 15 is 0 Å². The molecule has 124 valence electrons. The van der Waals surface area contributed by atoms with Gasteiger partial charge in [0.1, 0.15) is 0 Å². The zero-order chi connectivity index (χ0) is 16.6. The van der Waals surface area contributed by atoms with Crippen LogP contribution in [0.4, 0.5) is 0 Å². The Balaban J connectivity index is 2.00. The minimum Gasteiger partial charge on any atom is -0.383 e. The molecule has 0 aromatic carbocycles. The third-order valence-electron chi connectivity index (χ3n) is 4.39. The fraction of sp³-hybridized carbons (Fsp3) is 0.562. The van der Waals surface area contributed by atoms with Gasteiger partial charge in [-0.15, -0.1) is 0 Å². The van der Waals surface area contributed by atoms with E-state index in [1.165, 1.54) is 0 Å². The van der Waals surface area contributed by atoms with Crippen LogP contribution in [-0.2, 0) is 9.47 Å². The summed E-state index contributed by atoms with van der Waals surface area (Å²) in [6.07, 6.45) is 0.830. The van der Waals surface area contributed by atoms with Crippen LogP contribution in [0.3, 0.4) is 0 Å². The molecule has 1 saturated heterocycles. The first kappa shape index (κ1) is 15.9. The number of carbonyl (C=O) groups is 1. The molecule has 1 N–H and O–H groups in total. The molecule has 0 bridgehead atoms. The molecule has 1 aliphatic rings. The zero-order valence-electron chi connectivity index (χ0n) is 13.9. The Morgan fingerprint density at radius 3 is 2.91 bits per heavy atom. The van der Waals surface area contributed by atoms with Crippen molar-refractivity contribution in [3.8, 4) is 0 Å². The van der Waals surface area contributed by atoms with Crippen LogP contribution in [-0.4, -0.2) is 65.5 Å². The van der Waals surface area contributed by atoms with Crippen LogP contribution in [0.5, 0.6) is 0 Å². The van der Waals surface area contributed by atoms with Gasteiger partial charge in [0.15, 0.2) is 5.65 Å². The molecule has 1 aliphatic heterocycles. The number of H-pyrrole nitrogens is 1. The molecule has 2 atom stereocenters. The highest BCUT2D eigenvalue weighted by atomic mass is 16.5. The second-order valence-electron chi connectivity index (χ2n) is 6.02. The molecule has 7 nitrogen and oxygen atoms in total. The Morgan fingerprint density at radius 1 is 1.43 bits per heavy atom. The van der Waals surface area contributed by atoms with Crippen molar-refractivity contribution in [2.45, 2.75) is 32.4 Å². The monoisotopic (exact) mass is 318 g/mol. The van der Waals surface area contributed by atoms with Crippen LogP contribution in [0.15, 0.2) is 6.07 Å². The van der Waals surface area contributed by atoms with Gasteiger partial charge in [0.25, 0.3) is 5.91 Å². The lowest BCUT2D eigenvalue weighted by atomic mass is 10.1. The van der Waals surface area contributed by atoms with Crippen molar-refractivity contribution in [1.29, 1.82) is 0 Å². The van der Waals surface area contributed by atoms with E-state index in [1.54, 1.807) is 14.2 Å². The first-order valence-corrected chi connectivity index (χ1v) is 7.70. The summed E-state index contributed by atoms with van der Waals surface area (Å²) >= 11 is 0. The minimum absolute atomic E-state index is 0.0215. The van der Waals surface area contributed by atoms with Crippen LogP contribution < -0.4 is 0 Å². The number of nitrogens with one attached hydrogen (secondary N) is 1. The Labute approximate surface area is 135 Å². The number of rotatable bonds is 4. The molecule has 0 aliphatic carbocycles. The molecule has 0 spiro atoms. The van der Waals surface area contributed by atoms with Gasteiger partial charge in [-0.05, 0) is 26.3 Å². The van der Waals surface area contributed by atoms with Gasteiger partial charge < -0.3 is 14.4 Å². The maximum Gasteiger partial charge on any atom is 0.255 e. The number of aryl methyl sites for hydroxylation is 2. The van der Waals surface area contributed by atoms with Crippen LogP contribution in [0.1, 0.15) is 28.2 Å². The van der Waals surface area contributed by atoms with Crippen molar-refractivity contribution < 1.29 is 14.3 Å². The highest BCUT2D eigenvalue weighted by Gasteiger charge is 2.36. The second-order valence-corrected chi connectivity index (χ2v) is 6.02. The molecule has 1 fully saturated rings. The van der Waals surface area contributed by atoms with Crippen LogP contribution in [0.25, 0.3) is 11.0 Å². The summed E-state index contributed by atoms with van der Waals surface area (Å²) in [5.41, 5.74) is 2.84. The number of likely N-dealkylation sites (tertiary alicyclic amines) is 1. The fourth-order valence-electron chi connectivity index (χ4n) is 3.27. The van der Waals surface area contributed by atoms with Gasteiger partial charge in [-0.2, -0.15) is 5.10 Å². The number of pyridine rings is 1. The van der Waals surface area contributed by atoms with Gasteiger partial charge in [0.05, 0.1) is 29.7 Å². The minimum atomic E-state index is -0.0217. The molecule has 7 heteroatoms. The number of aromatic nitrogens is 3. The number of hydrogen-bond donors (Lipinski definition) is 1. The van der Waals surface area contributed by atoms with Crippen molar-refractivity contribution >= 4 is 16.9 Å². The van der Waals surface area contributed by atoms with Gasteiger partial charge in [-0.1, -0.05) is 0 Å². The Bertz CT molecular complexity index is 727. The van der Waals surface area contributed by atoms with E-state index in [2.05, 4.69) is 15.2 Å². The molecule has 2 aromatic rings. The highest BCUT2D eigenvalue weighted by molar-refractivity contribution is 6.06. The van der Waals surface area contributed by atoms with E-state index < -0.39 is 0 Å². The molecule has 23 heavy (non-hydrogen) atoms. The lowest BCUT2D eigenvalue weighted by Crippen LogP contribution is -2.38. The number of methoxy groups -OCH3 is 2. The van der Waals surface area contributed by atoms with Crippen molar-refractivity contribution in [1.82, 2.24) is 20.1 Å². The number of aromatic amines is 1. The van der Waals surface area contributed by atoms with Gasteiger partial charge in [-0.3, -0.25) is 9.89 Å². The topological polar surface area (TPSA) is 80.3 Å². The van der Waals surface area contributed by atoms with Crippen molar-refractivity contribution in [3.05, 3.63) is 23.0 Å². The number of amides is 1. The van der Waals surface area contributed by atoms with Crippen molar-refractivity contribution in [2.75, 3.05) is 27.4 Å². The summed E-state index contributed by atoms with van der Waals surface area (Å²) in [4.78, 5) is 19.4. The van der Waals surface area contributed by atoms with Crippen LogP contribution in [0.2, 0.25) is 0 Å². The maximum atomic E-state index is 13.2. The summed E-state index contributed by atoms with van der Waals surface area (Å²) in [5, 5.41) is 7.88. The largest absolute Gasteiger partial charge is 0.383 e. The standard InChI is InChI=1S/C16H22N4O3/c1-9-5-13(14-10(2)18-19-15(14)17-9)16(21)20-7-12(23-4)6-11(20)8-22-3/h5,11-12H,6-8H2,1-4H3,(H,17,18,19)/t11-,12+/m0/s1. The van der Waals surface area contributed by atoms with Gasteiger partial charge in [-0.25, -0.2) is 4.98 Å². The van der Waals surface area contributed by atoms with Gasteiger partial charge in [0.2, 0.25) is 0 Å². The molecule has 2 aromatic heterocycles. The van der Waals surface area contributed by atoms with E-state index in [1.807, 2.05) is 24.8 Å². The number of hydrogen-bond acceptors (Lipinski definition) is 5. The van der Waals surface area contributed by atoms with E-state index in [9.17, 15) is 4.79 Å². The summed E-state index contributed by atoms with van der Waals surface area (Å²) in [6.45, 7) is 4.85. The summed E-state index contributed by atoms with van der Waals surface area (Å²) in [7, 11) is 3.33. The van der Waals surface area contributed by atoms with Crippen LogP contribution >= 0.6 is 0 Å². The highest BCUT2D eigenvalue weighted by Crippen LogP contribution is 2.27. The molecular weight excluding hydrogens is 296 g/mol. The summed E-state index contributed by atoms with van der Waals surface area (Å²) in [5.74, 6) is -0.0217. The Kier molecular flexibility index (Phi) is 4.32. The molecule has 1 amide bonds. The summed E-state index contributed by atoms with van der Waals surface area (Å²) < 4.78 is 10.7. The fourth-order valence-corrected chi connectivity index (χ4v) is 3.27. The molecular formula is C16H22N4O3. The summed E-state index contributed by atoms with van der Waals surface area (Å²) in [6, 6.07) is 1.85. The predicted octanol–water partition coefficient (Wildman–Crippen LogP) is 1.45. The van der Waals surface area contributed by atoms with E-state index in [-0.39, 0.29) is 18.1 Å². The Hall–Kier alpha value is -1.99. The Morgan fingerprint density at radius 2 is 2.22 bits per heavy atom. The first-order valence-electron chi connectivity index (χ1n) is 7.70. The number of fused-ring (bicyclic) bond motifs is 1. The van der Waals surface area contributed by atoms with E-state index in [4.69, 9.17) is 9.47 Å². The smallest absolute Gasteiger partial charge is 0.255 e. The van der Waals surface area contributed by atoms with E-state index in [0.717, 1.165) is 23.2 Å². The lowest BCUT2D eigenvalue weighted by Gasteiger charge is -2.24. The zero-order valence-corrected chi connectivity index (χ0v) is 13.9. The van der Waals surface area contributed by atoms with Gasteiger partial charge >= 0.3 is 0 Å². The van der Waals surface area contributed by atoms with Crippen LogP contribution in [0, 0.1) is 13.8 Å². The average molecular weight is 318 g/mol. The van der Waals surface area contributed by atoms with Crippen molar-refractivity contribution in [2.24, 2.45) is 0 Å². The second kappa shape index (κ2) is 6.25. The maximum absolute atomic E-state index is 13.2. The SMILES string of the molecule is COC[C@@H]1C[C@@H](OC)CN1C(=O)c1cc(C)nc2n[nH]c(C)c12. The third kappa shape index (κ3) is 2.82. The molecule has 3 heterocycles. The predicted molar refractivity (Wildman–Crippen MR) is 85.5 cm³/mol. The van der Waals surface area contributed by atoms with Crippen molar-refractivity contribution in [3.63, 3.8) is 0 Å². The molecule has 0 radical (unpaired) electrons. The molecule has 3 rings (SSSR count). The van der Waals surface area contributed by atoms with E-state index in [0.29, 0.717) is 24.4 Å². The lowest BCUT2D eigenvalue weighted by molar-refractivity contribution is 0.0614. The molecule has 0 saturated carbocycles.